The Kier molecular flexibility index (Phi) is 5.71. The number of carbonyl (C=O) groups is 1. The third kappa shape index (κ3) is 3.52. The van der Waals surface area contributed by atoms with Gasteiger partial charge >= 0.3 is 5.97 Å². The first-order valence-electron chi connectivity index (χ1n) is 7.40. The van der Waals surface area contributed by atoms with Crippen LogP contribution in [0.5, 0.6) is 5.75 Å². The van der Waals surface area contributed by atoms with Crippen LogP contribution in [0.3, 0.4) is 0 Å². The van der Waals surface area contributed by atoms with Gasteiger partial charge in [0.25, 0.3) is 0 Å². The van der Waals surface area contributed by atoms with Gasteiger partial charge in [0.1, 0.15) is 11.8 Å². The van der Waals surface area contributed by atoms with Crippen molar-refractivity contribution in [1.29, 1.82) is 0 Å². The van der Waals surface area contributed by atoms with Crippen LogP contribution >= 0.6 is 11.8 Å². The zero-order valence-corrected chi connectivity index (χ0v) is 14.9. The lowest BCUT2D eigenvalue weighted by Crippen LogP contribution is -2.32. The molecule has 2 rings (SSSR count). The van der Waals surface area contributed by atoms with Gasteiger partial charge in [-0.1, -0.05) is 23.9 Å². The lowest BCUT2D eigenvalue weighted by Gasteiger charge is -2.31. The molecule has 0 aliphatic carbocycles. The molecular weight excluding hydrogens is 312 g/mol. The molecule has 0 N–H and O–H groups in total. The lowest BCUT2D eigenvalue weighted by molar-refractivity contribution is -0.139. The largest absolute Gasteiger partial charge is 0.497 e. The fourth-order valence-electron chi connectivity index (χ4n) is 2.47. The van der Waals surface area contributed by atoms with Gasteiger partial charge in [-0.05, 0) is 37.8 Å². The summed E-state index contributed by atoms with van der Waals surface area (Å²) >= 11 is 1.56. The maximum Gasteiger partial charge on any atom is 0.338 e. The summed E-state index contributed by atoms with van der Waals surface area (Å²) in [6.07, 6.45) is 1.98. The Morgan fingerprint density at radius 3 is 2.52 bits per heavy atom. The van der Waals surface area contributed by atoms with Gasteiger partial charge in [0, 0.05) is 12.7 Å². The first kappa shape index (κ1) is 17.4. The Morgan fingerprint density at radius 2 is 2.00 bits per heavy atom. The van der Waals surface area contributed by atoms with Gasteiger partial charge in [-0.25, -0.2) is 9.79 Å². The van der Waals surface area contributed by atoms with Gasteiger partial charge in [-0.15, -0.1) is 0 Å². The molecule has 1 aromatic rings. The summed E-state index contributed by atoms with van der Waals surface area (Å²) in [5, 5.41) is 0.872. The summed E-state index contributed by atoms with van der Waals surface area (Å²) in [4.78, 5) is 19.1. The van der Waals surface area contributed by atoms with Crippen molar-refractivity contribution in [3.8, 4) is 5.75 Å². The topological polar surface area (TPSA) is 51.1 Å². The van der Waals surface area contributed by atoms with E-state index in [2.05, 4.69) is 0 Å². The van der Waals surface area contributed by atoms with Crippen molar-refractivity contribution in [2.45, 2.75) is 19.9 Å². The fourth-order valence-corrected chi connectivity index (χ4v) is 3.09. The number of methoxy groups -OCH3 is 1. The van der Waals surface area contributed by atoms with E-state index in [4.69, 9.17) is 14.5 Å². The van der Waals surface area contributed by atoms with E-state index in [1.165, 1.54) is 0 Å². The number of amidine groups is 1. The third-order valence-electron chi connectivity index (χ3n) is 3.80. The quantitative estimate of drug-likeness (QED) is 0.791. The molecule has 0 saturated carbocycles. The highest BCUT2D eigenvalue weighted by Crippen LogP contribution is 2.36. The van der Waals surface area contributed by atoms with Crippen LogP contribution in [-0.2, 0) is 9.53 Å². The van der Waals surface area contributed by atoms with Gasteiger partial charge in [0.2, 0.25) is 0 Å². The number of rotatable bonds is 4. The summed E-state index contributed by atoms with van der Waals surface area (Å²) in [5.74, 6) is 0.454. The molecule has 5 nitrogen and oxygen atoms in total. The number of hydrogen-bond acceptors (Lipinski definition) is 6. The SMILES string of the molecule is CCOC(=O)C1=C(C)N(C)C(SC)=N[C@H]1c1ccc(OC)cc1. The minimum atomic E-state index is -0.362. The van der Waals surface area contributed by atoms with Crippen LogP contribution in [0.1, 0.15) is 25.5 Å². The summed E-state index contributed by atoms with van der Waals surface area (Å²) < 4.78 is 10.4. The number of benzene rings is 1. The Bertz CT molecular complexity index is 638. The number of esters is 1. The lowest BCUT2D eigenvalue weighted by atomic mass is 9.96. The maximum absolute atomic E-state index is 12.4. The van der Waals surface area contributed by atoms with Gasteiger partial charge in [-0.2, -0.15) is 0 Å². The second kappa shape index (κ2) is 7.55. The highest BCUT2D eigenvalue weighted by Gasteiger charge is 2.32. The standard InChI is InChI=1S/C17H22N2O3S/c1-6-22-16(20)14-11(2)19(3)17(23-5)18-15(14)12-7-9-13(21-4)10-8-12/h7-10,15H,6H2,1-5H3/t15-/m0/s1. The van der Waals surface area contributed by atoms with E-state index in [1.807, 2.05) is 49.4 Å². The molecule has 1 heterocycles. The van der Waals surface area contributed by atoms with E-state index in [9.17, 15) is 4.79 Å². The van der Waals surface area contributed by atoms with E-state index in [1.54, 1.807) is 25.8 Å². The molecule has 1 atom stereocenters. The Morgan fingerprint density at radius 1 is 1.35 bits per heavy atom. The van der Waals surface area contributed by atoms with Crippen LogP contribution in [0.4, 0.5) is 0 Å². The summed E-state index contributed by atoms with van der Waals surface area (Å²) in [7, 11) is 3.54. The average molecular weight is 334 g/mol. The number of carbonyl (C=O) groups excluding carboxylic acids is 1. The number of hydrogen-bond donors (Lipinski definition) is 0. The number of nitrogens with zero attached hydrogens (tertiary/aromatic N) is 2. The van der Waals surface area contributed by atoms with Gasteiger partial charge in [-0.3, -0.25) is 0 Å². The Hall–Kier alpha value is -1.95. The fraction of sp³-hybridized carbons (Fsp3) is 0.412. The zero-order valence-electron chi connectivity index (χ0n) is 14.1. The van der Waals surface area contributed by atoms with E-state index in [0.29, 0.717) is 12.2 Å². The smallest absolute Gasteiger partial charge is 0.338 e. The summed E-state index contributed by atoms with van der Waals surface area (Å²) in [6, 6.07) is 7.25. The molecule has 0 amide bonds. The van der Waals surface area contributed by atoms with Crippen molar-refractivity contribution in [2.75, 3.05) is 27.0 Å². The van der Waals surface area contributed by atoms with Crippen LogP contribution in [0.25, 0.3) is 0 Å². The first-order chi connectivity index (χ1) is 11.0. The van der Waals surface area contributed by atoms with Crippen molar-refractivity contribution in [3.63, 3.8) is 0 Å². The van der Waals surface area contributed by atoms with E-state index in [-0.39, 0.29) is 12.0 Å². The van der Waals surface area contributed by atoms with Crippen molar-refractivity contribution in [2.24, 2.45) is 4.99 Å². The molecule has 1 aliphatic heterocycles. The molecular formula is C17H22N2O3S. The highest BCUT2D eigenvalue weighted by molar-refractivity contribution is 8.13. The van der Waals surface area contributed by atoms with Crippen LogP contribution in [0.15, 0.2) is 40.5 Å². The molecule has 0 fully saturated rings. The molecule has 0 bridgehead atoms. The second-order valence-electron chi connectivity index (χ2n) is 5.07. The number of thioether (sulfide) groups is 1. The van der Waals surface area contributed by atoms with E-state index in [0.717, 1.165) is 22.2 Å². The van der Waals surface area contributed by atoms with Crippen molar-refractivity contribution in [3.05, 3.63) is 41.1 Å². The van der Waals surface area contributed by atoms with Crippen LogP contribution in [-0.4, -0.2) is 43.1 Å². The van der Waals surface area contributed by atoms with Crippen LogP contribution < -0.4 is 4.74 Å². The molecule has 1 aliphatic rings. The summed E-state index contributed by atoms with van der Waals surface area (Å²) in [6.45, 7) is 4.07. The van der Waals surface area contributed by atoms with Gasteiger partial charge < -0.3 is 14.4 Å². The van der Waals surface area contributed by atoms with Gasteiger partial charge in [0.05, 0.1) is 19.3 Å². The predicted molar refractivity (Wildman–Crippen MR) is 93.8 cm³/mol. The number of ether oxygens (including phenoxy) is 2. The molecule has 124 valence electrons. The molecule has 0 spiro atoms. The van der Waals surface area contributed by atoms with Crippen molar-refractivity contribution in [1.82, 2.24) is 4.90 Å². The number of aliphatic imine (C=N–C) groups is 1. The van der Waals surface area contributed by atoms with Crippen LogP contribution in [0, 0.1) is 0 Å². The van der Waals surface area contributed by atoms with Gasteiger partial charge in [0.15, 0.2) is 5.17 Å². The first-order valence-corrected chi connectivity index (χ1v) is 8.63. The second-order valence-corrected chi connectivity index (χ2v) is 5.84. The van der Waals surface area contributed by atoms with Crippen LogP contribution in [0.2, 0.25) is 0 Å². The number of allylic oxidation sites excluding steroid dienone is 1. The molecule has 0 unspecified atom stereocenters. The molecule has 1 aromatic carbocycles. The molecule has 0 radical (unpaired) electrons. The molecule has 0 aromatic heterocycles. The van der Waals surface area contributed by atoms with E-state index >= 15 is 0 Å². The molecule has 23 heavy (non-hydrogen) atoms. The van der Waals surface area contributed by atoms with Crippen molar-refractivity contribution >= 4 is 22.9 Å². The Balaban J connectivity index is 2.49. The predicted octanol–water partition coefficient (Wildman–Crippen LogP) is 3.24. The maximum atomic E-state index is 12.4. The minimum absolute atomic E-state index is 0.318. The zero-order chi connectivity index (χ0) is 17.0. The van der Waals surface area contributed by atoms with E-state index < -0.39 is 0 Å². The van der Waals surface area contributed by atoms with Crippen molar-refractivity contribution < 1.29 is 14.3 Å². The average Bonchev–Trinajstić information content (AvgIpc) is 2.57. The normalized spacial score (nSPS) is 17.9. The Labute approximate surface area is 141 Å². The molecule has 0 saturated heterocycles. The summed E-state index contributed by atoms with van der Waals surface area (Å²) in [5.41, 5.74) is 2.38. The monoisotopic (exact) mass is 334 g/mol. The minimum Gasteiger partial charge on any atom is -0.497 e. The molecule has 6 heteroatoms. The third-order valence-corrected chi connectivity index (χ3v) is 4.55. The highest BCUT2D eigenvalue weighted by atomic mass is 32.2.